The number of hydrogen-bond donors (Lipinski definition) is 2. The molecule has 192 valence electrons. The molecule has 0 aliphatic carbocycles. The van der Waals surface area contributed by atoms with Crippen LogP contribution >= 0.6 is 0 Å². The number of nitrogens with zero attached hydrogens (tertiary/aromatic N) is 4. The lowest BCUT2D eigenvalue weighted by molar-refractivity contribution is 0.391. The van der Waals surface area contributed by atoms with Crippen LogP contribution in [-0.4, -0.2) is 52.8 Å². The summed E-state index contributed by atoms with van der Waals surface area (Å²) in [4.78, 5) is 17.1. The second-order valence-electron chi connectivity index (χ2n) is 9.37. The molecule has 0 bridgehead atoms. The molecule has 1 aromatic carbocycles. The Morgan fingerprint density at radius 2 is 1.69 bits per heavy atom. The Kier molecular flexibility index (Phi) is 6.66. The van der Waals surface area contributed by atoms with Gasteiger partial charge in [-0.2, -0.15) is 12.4 Å². The van der Waals surface area contributed by atoms with E-state index in [0.29, 0.717) is 23.5 Å². The highest BCUT2D eigenvalue weighted by Crippen LogP contribution is 2.34. The van der Waals surface area contributed by atoms with Crippen LogP contribution in [0.15, 0.2) is 42.5 Å². The van der Waals surface area contributed by atoms with Gasteiger partial charge < -0.3 is 4.98 Å². The quantitative estimate of drug-likeness (QED) is 0.324. The Morgan fingerprint density at radius 3 is 2.31 bits per heavy atom. The first-order valence-corrected chi connectivity index (χ1v) is 14.7. The van der Waals surface area contributed by atoms with Crippen LogP contribution in [-0.2, 0) is 29.8 Å². The summed E-state index contributed by atoms with van der Waals surface area (Å²) in [6.07, 6.45) is 1.17. The summed E-state index contributed by atoms with van der Waals surface area (Å²) < 4.78 is 54.8. The second-order valence-corrected chi connectivity index (χ2v) is 12.9. The maximum absolute atomic E-state index is 13.1. The number of benzene rings is 1. The number of imidazole rings is 2. The van der Waals surface area contributed by atoms with Gasteiger partial charge in [0.15, 0.2) is 5.65 Å². The van der Waals surface area contributed by atoms with Gasteiger partial charge in [0.05, 0.1) is 29.1 Å². The molecule has 2 N–H and O–H groups in total. The predicted octanol–water partition coefficient (Wildman–Crippen LogP) is 3.68. The lowest BCUT2D eigenvalue weighted by atomic mass is 9.96. The lowest BCUT2D eigenvalue weighted by Crippen LogP contribution is -2.21. The molecule has 3 heterocycles. The maximum atomic E-state index is 13.1. The van der Waals surface area contributed by atoms with Crippen molar-refractivity contribution in [2.45, 2.75) is 39.5 Å². The topological polar surface area (TPSA) is 149 Å². The Morgan fingerprint density at radius 1 is 1.00 bits per heavy atom. The van der Waals surface area contributed by atoms with E-state index in [1.807, 2.05) is 51.1 Å². The molecular formula is C23H28N6O5S2. The molecule has 4 aromatic rings. The van der Waals surface area contributed by atoms with Crippen LogP contribution in [0.5, 0.6) is 0 Å². The van der Waals surface area contributed by atoms with Gasteiger partial charge in [0.1, 0.15) is 11.3 Å². The molecule has 0 fully saturated rings. The molecular weight excluding hydrogens is 504 g/mol. The zero-order valence-corrected chi connectivity index (χ0v) is 22.2. The summed E-state index contributed by atoms with van der Waals surface area (Å²) in [6.45, 7) is 7.83. The third-order valence-electron chi connectivity index (χ3n) is 5.21. The molecule has 0 saturated carbocycles. The molecule has 0 amide bonds. The van der Waals surface area contributed by atoms with Gasteiger partial charge in [-0.1, -0.05) is 58.0 Å². The van der Waals surface area contributed by atoms with Crippen molar-refractivity contribution >= 4 is 37.3 Å². The van der Waals surface area contributed by atoms with Crippen molar-refractivity contribution in [3.63, 3.8) is 0 Å². The van der Waals surface area contributed by atoms with Crippen LogP contribution < -0.4 is 5.48 Å². The van der Waals surface area contributed by atoms with Gasteiger partial charge in [0, 0.05) is 11.0 Å². The highest BCUT2D eigenvalue weighted by atomic mass is 32.2. The number of H-pyrrole nitrogens is 1. The molecule has 0 aliphatic rings. The van der Waals surface area contributed by atoms with E-state index >= 15 is 0 Å². The van der Waals surface area contributed by atoms with Crippen LogP contribution in [0.25, 0.3) is 33.8 Å². The lowest BCUT2D eigenvalue weighted by Gasteiger charge is -2.14. The minimum atomic E-state index is -3.94. The van der Waals surface area contributed by atoms with E-state index in [2.05, 4.69) is 24.7 Å². The molecule has 3 aromatic heterocycles. The van der Waals surface area contributed by atoms with Crippen LogP contribution in [0.2, 0.25) is 0 Å². The Hall–Kier alpha value is -3.29. The van der Waals surface area contributed by atoms with E-state index in [0.717, 1.165) is 21.6 Å². The number of aromatic nitrogens is 5. The first-order chi connectivity index (χ1) is 16.8. The monoisotopic (exact) mass is 532 g/mol. The number of aromatic amines is 1. The van der Waals surface area contributed by atoms with E-state index in [1.165, 1.54) is 0 Å². The van der Waals surface area contributed by atoms with Crippen molar-refractivity contribution in [2.24, 2.45) is 0 Å². The molecule has 0 radical (unpaired) electrons. The summed E-state index contributed by atoms with van der Waals surface area (Å²) in [6, 6.07) is 12.9. The van der Waals surface area contributed by atoms with Crippen LogP contribution in [0.3, 0.4) is 0 Å². The van der Waals surface area contributed by atoms with E-state index in [9.17, 15) is 16.8 Å². The number of rotatable bonds is 8. The third kappa shape index (κ3) is 5.27. The van der Waals surface area contributed by atoms with Crippen LogP contribution in [0, 0.1) is 0 Å². The van der Waals surface area contributed by atoms with Gasteiger partial charge in [-0.15, -0.1) is 4.28 Å². The fourth-order valence-corrected chi connectivity index (χ4v) is 5.25. The number of nitrogens with one attached hydrogen (secondary N) is 2. The molecule has 0 atom stereocenters. The van der Waals surface area contributed by atoms with Gasteiger partial charge in [-0.05, 0) is 18.6 Å². The minimum Gasteiger partial charge on any atom is -0.340 e. The molecule has 11 nitrogen and oxygen atoms in total. The average molecular weight is 533 g/mol. The van der Waals surface area contributed by atoms with Gasteiger partial charge >= 0.3 is 0 Å². The first-order valence-electron chi connectivity index (χ1n) is 11.2. The summed E-state index contributed by atoms with van der Waals surface area (Å²) in [5.74, 6) is 0.233. The largest absolute Gasteiger partial charge is 0.340 e. The first kappa shape index (κ1) is 25.8. The average Bonchev–Trinajstić information content (AvgIpc) is 3.39. The molecule has 0 aliphatic heterocycles. The number of pyridine rings is 1. The normalized spacial score (nSPS) is 12.8. The summed E-state index contributed by atoms with van der Waals surface area (Å²) in [5.41, 5.74) is 4.77. The third-order valence-corrected chi connectivity index (χ3v) is 7.42. The van der Waals surface area contributed by atoms with E-state index in [1.54, 1.807) is 19.1 Å². The molecule has 4 rings (SSSR count). The molecule has 13 heteroatoms. The summed E-state index contributed by atoms with van der Waals surface area (Å²) in [5, 5.41) is 0. The van der Waals surface area contributed by atoms with Gasteiger partial charge in [-0.25, -0.2) is 28.8 Å². The standard InChI is InChI=1S/C23H28N6O5S2/c1-6-14-36(32,33)29-20-17(25-22(29)28-34-35(5,30)31)13-12-16(24-20)19-18(15-10-8-7-9-11-15)26-21(27-19)23(2,3)4/h7-13H,6,14H2,1-5H3,(H,25,28)(H,26,27). The van der Waals surface area contributed by atoms with Crippen molar-refractivity contribution in [1.82, 2.24) is 23.9 Å². The SMILES string of the molecule is CCCS(=O)(=O)n1c(NOS(C)(=O)=O)nc2ccc(-c3[nH]c(C(C)(C)C)nc3-c3ccccc3)nc21. The van der Waals surface area contributed by atoms with Crippen LogP contribution in [0.1, 0.15) is 39.9 Å². The number of anilines is 1. The second kappa shape index (κ2) is 9.30. The molecule has 0 saturated heterocycles. The zero-order valence-electron chi connectivity index (χ0n) is 20.6. The van der Waals surface area contributed by atoms with Crippen molar-refractivity contribution in [3.05, 3.63) is 48.3 Å². The smallest absolute Gasteiger partial charge is 0.285 e. The fourth-order valence-electron chi connectivity index (χ4n) is 3.59. The van der Waals surface area contributed by atoms with Crippen molar-refractivity contribution in [3.8, 4) is 22.6 Å². The summed E-state index contributed by atoms with van der Waals surface area (Å²) >= 11 is 0. The maximum Gasteiger partial charge on any atom is 0.285 e. The Bertz CT molecular complexity index is 1620. The van der Waals surface area contributed by atoms with E-state index < -0.39 is 20.1 Å². The van der Waals surface area contributed by atoms with Gasteiger partial charge in [0.25, 0.3) is 10.1 Å². The minimum absolute atomic E-state index is 0.0338. The van der Waals surface area contributed by atoms with Crippen molar-refractivity contribution in [1.29, 1.82) is 0 Å². The fraction of sp³-hybridized carbons (Fsp3) is 0.348. The van der Waals surface area contributed by atoms with Crippen LogP contribution in [0.4, 0.5) is 5.95 Å². The molecule has 0 unspecified atom stereocenters. The highest BCUT2D eigenvalue weighted by molar-refractivity contribution is 7.90. The molecule has 36 heavy (non-hydrogen) atoms. The van der Waals surface area contributed by atoms with Crippen molar-refractivity contribution in [2.75, 3.05) is 17.5 Å². The zero-order chi connectivity index (χ0) is 26.3. The van der Waals surface area contributed by atoms with Gasteiger partial charge in [0.2, 0.25) is 16.0 Å². The van der Waals surface area contributed by atoms with E-state index in [-0.39, 0.29) is 28.3 Å². The van der Waals surface area contributed by atoms with Crippen molar-refractivity contribution < 1.29 is 21.1 Å². The predicted molar refractivity (Wildman–Crippen MR) is 138 cm³/mol. The van der Waals surface area contributed by atoms with E-state index in [4.69, 9.17) is 4.98 Å². The highest BCUT2D eigenvalue weighted by Gasteiger charge is 2.27. The number of fused-ring (bicyclic) bond motifs is 1. The van der Waals surface area contributed by atoms with Gasteiger partial charge in [-0.3, -0.25) is 0 Å². The summed E-state index contributed by atoms with van der Waals surface area (Å²) in [7, 11) is -7.87. The Balaban J connectivity index is 1.95. The molecule has 0 spiro atoms. The Labute approximate surface area is 210 Å². The number of hydrogen-bond acceptors (Lipinski definition) is 9.